The Bertz CT molecular complexity index is 414. The summed E-state index contributed by atoms with van der Waals surface area (Å²) in [5.74, 6) is 3.08. The lowest BCUT2D eigenvalue weighted by molar-refractivity contribution is 0.280. The largest absolute Gasteiger partial charge is 0.310 e. The van der Waals surface area contributed by atoms with Crippen LogP contribution in [0.15, 0.2) is 24.3 Å². The fourth-order valence-corrected chi connectivity index (χ4v) is 4.61. The van der Waals surface area contributed by atoms with Gasteiger partial charge in [0.05, 0.1) is 0 Å². The minimum Gasteiger partial charge on any atom is -0.310 e. The molecule has 2 heteroatoms. The van der Waals surface area contributed by atoms with E-state index in [9.17, 15) is 0 Å². The van der Waals surface area contributed by atoms with Crippen molar-refractivity contribution in [1.29, 1.82) is 0 Å². The van der Waals surface area contributed by atoms with Gasteiger partial charge in [-0.3, -0.25) is 0 Å². The lowest BCUT2D eigenvalue weighted by Crippen LogP contribution is -2.25. The van der Waals surface area contributed by atoms with Gasteiger partial charge in [-0.15, -0.1) is 0 Å². The second-order valence-electron chi connectivity index (χ2n) is 6.33. The molecular weight excluding hydrogens is 345 g/mol. The number of hydrogen-bond donors (Lipinski definition) is 1. The highest BCUT2D eigenvalue weighted by Crippen LogP contribution is 2.50. The van der Waals surface area contributed by atoms with Gasteiger partial charge in [0.2, 0.25) is 0 Å². The molecule has 0 radical (unpaired) electrons. The Morgan fingerprint density at radius 2 is 2.00 bits per heavy atom. The van der Waals surface area contributed by atoms with E-state index in [0.29, 0.717) is 6.04 Å². The molecule has 2 fully saturated rings. The van der Waals surface area contributed by atoms with Crippen LogP contribution in [-0.4, -0.2) is 6.54 Å². The Morgan fingerprint density at radius 3 is 2.58 bits per heavy atom. The molecule has 0 saturated heterocycles. The van der Waals surface area contributed by atoms with Crippen LogP contribution in [0.4, 0.5) is 0 Å². The van der Waals surface area contributed by atoms with Gasteiger partial charge in [0.25, 0.3) is 0 Å². The van der Waals surface area contributed by atoms with Crippen LogP contribution in [0.1, 0.15) is 50.6 Å². The first-order valence-electron chi connectivity index (χ1n) is 7.75. The molecule has 4 unspecified atom stereocenters. The molecule has 0 aliphatic heterocycles. The fraction of sp³-hybridized carbons (Fsp3) is 0.647. The summed E-state index contributed by atoms with van der Waals surface area (Å²) < 4.78 is 1.33. The van der Waals surface area contributed by atoms with Crippen molar-refractivity contribution in [2.24, 2.45) is 17.8 Å². The predicted octanol–water partition coefficient (Wildman–Crippen LogP) is 4.77. The minimum atomic E-state index is 0.561. The Kier molecular flexibility index (Phi) is 4.47. The topological polar surface area (TPSA) is 12.0 Å². The third-order valence-electron chi connectivity index (χ3n) is 5.15. The normalized spacial score (nSPS) is 30.7. The maximum atomic E-state index is 3.70. The second kappa shape index (κ2) is 6.13. The molecule has 0 aromatic heterocycles. The van der Waals surface area contributed by atoms with Gasteiger partial charge in [-0.05, 0) is 90.3 Å². The van der Waals surface area contributed by atoms with E-state index in [1.54, 1.807) is 0 Å². The second-order valence-corrected chi connectivity index (χ2v) is 7.58. The third kappa shape index (κ3) is 3.15. The molecule has 2 saturated carbocycles. The molecule has 3 rings (SSSR count). The van der Waals surface area contributed by atoms with Gasteiger partial charge in [0.1, 0.15) is 0 Å². The smallest absolute Gasteiger partial charge is 0.0322 e. The minimum absolute atomic E-state index is 0.561. The molecule has 0 spiro atoms. The van der Waals surface area contributed by atoms with Gasteiger partial charge in [-0.25, -0.2) is 0 Å². The van der Waals surface area contributed by atoms with Gasteiger partial charge < -0.3 is 5.32 Å². The van der Waals surface area contributed by atoms with Crippen molar-refractivity contribution in [1.82, 2.24) is 5.32 Å². The van der Waals surface area contributed by atoms with E-state index in [4.69, 9.17) is 0 Å². The van der Waals surface area contributed by atoms with E-state index >= 15 is 0 Å². The standard InChI is InChI=1S/C17H24IN/c1-2-19-17(13-5-7-16(18)8-6-13)11-15-10-12-3-4-14(15)9-12/h5-8,12,14-15,17,19H,2-4,9-11H2,1H3. The molecule has 0 amide bonds. The van der Waals surface area contributed by atoms with E-state index in [1.807, 2.05) is 0 Å². The Labute approximate surface area is 130 Å². The highest BCUT2D eigenvalue weighted by atomic mass is 127. The highest BCUT2D eigenvalue weighted by Gasteiger charge is 2.40. The first-order chi connectivity index (χ1) is 9.26. The van der Waals surface area contributed by atoms with Crippen molar-refractivity contribution in [2.45, 2.75) is 45.1 Å². The highest BCUT2D eigenvalue weighted by molar-refractivity contribution is 14.1. The van der Waals surface area contributed by atoms with Crippen molar-refractivity contribution in [2.75, 3.05) is 6.54 Å². The van der Waals surface area contributed by atoms with Crippen LogP contribution in [0.25, 0.3) is 0 Å². The molecule has 19 heavy (non-hydrogen) atoms. The van der Waals surface area contributed by atoms with Crippen molar-refractivity contribution in [3.8, 4) is 0 Å². The van der Waals surface area contributed by atoms with Gasteiger partial charge in [0, 0.05) is 9.61 Å². The molecule has 2 bridgehead atoms. The lowest BCUT2D eigenvalue weighted by Gasteiger charge is -2.27. The Morgan fingerprint density at radius 1 is 1.21 bits per heavy atom. The molecular formula is C17H24IN. The first kappa shape index (κ1) is 13.9. The summed E-state index contributed by atoms with van der Waals surface area (Å²) in [5, 5.41) is 3.70. The number of fused-ring (bicyclic) bond motifs is 2. The van der Waals surface area contributed by atoms with Crippen molar-refractivity contribution in [3.63, 3.8) is 0 Å². The average molecular weight is 369 g/mol. The van der Waals surface area contributed by atoms with Crippen molar-refractivity contribution < 1.29 is 0 Å². The molecule has 2 aliphatic rings. The number of nitrogens with one attached hydrogen (secondary N) is 1. The summed E-state index contributed by atoms with van der Waals surface area (Å²) in [6, 6.07) is 9.65. The molecule has 4 atom stereocenters. The van der Waals surface area contributed by atoms with E-state index in [-0.39, 0.29) is 0 Å². The Hall–Kier alpha value is -0.0900. The zero-order valence-electron chi connectivity index (χ0n) is 11.7. The first-order valence-corrected chi connectivity index (χ1v) is 8.83. The van der Waals surface area contributed by atoms with E-state index in [1.165, 1.54) is 41.2 Å². The van der Waals surface area contributed by atoms with Crippen molar-refractivity contribution >= 4 is 22.6 Å². The Balaban J connectivity index is 1.68. The summed E-state index contributed by atoms with van der Waals surface area (Å²) in [6.07, 6.45) is 7.38. The van der Waals surface area contributed by atoms with Gasteiger partial charge in [-0.1, -0.05) is 25.5 Å². The predicted molar refractivity (Wildman–Crippen MR) is 89.1 cm³/mol. The summed E-state index contributed by atoms with van der Waals surface area (Å²) in [4.78, 5) is 0. The quantitative estimate of drug-likeness (QED) is 0.738. The molecule has 1 N–H and O–H groups in total. The summed E-state index contributed by atoms with van der Waals surface area (Å²) in [7, 11) is 0. The van der Waals surface area contributed by atoms with Gasteiger partial charge in [0.15, 0.2) is 0 Å². The molecule has 1 nitrogen and oxygen atoms in total. The molecule has 2 aliphatic carbocycles. The number of hydrogen-bond acceptors (Lipinski definition) is 1. The molecule has 1 aromatic carbocycles. The maximum absolute atomic E-state index is 3.70. The molecule has 104 valence electrons. The van der Waals surface area contributed by atoms with Crippen LogP contribution in [0.2, 0.25) is 0 Å². The van der Waals surface area contributed by atoms with E-state index in [0.717, 1.165) is 24.3 Å². The van der Waals surface area contributed by atoms with Crippen LogP contribution in [0.3, 0.4) is 0 Å². The van der Waals surface area contributed by atoms with Crippen LogP contribution >= 0.6 is 22.6 Å². The van der Waals surface area contributed by atoms with Crippen LogP contribution in [-0.2, 0) is 0 Å². The fourth-order valence-electron chi connectivity index (χ4n) is 4.25. The number of rotatable bonds is 5. The zero-order chi connectivity index (χ0) is 13.2. The van der Waals surface area contributed by atoms with E-state index < -0.39 is 0 Å². The molecule has 0 heterocycles. The monoisotopic (exact) mass is 369 g/mol. The maximum Gasteiger partial charge on any atom is 0.0322 e. The van der Waals surface area contributed by atoms with Crippen LogP contribution < -0.4 is 5.32 Å². The van der Waals surface area contributed by atoms with Crippen LogP contribution in [0, 0.1) is 21.3 Å². The summed E-state index contributed by atoms with van der Waals surface area (Å²) >= 11 is 2.39. The zero-order valence-corrected chi connectivity index (χ0v) is 13.9. The lowest BCUT2D eigenvalue weighted by atomic mass is 9.83. The summed E-state index contributed by atoms with van der Waals surface area (Å²) in [5.41, 5.74) is 1.48. The number of benzene rings is 1. The third-order valence-corrected chi connectivity index (χ3v) is 5.87. The van der Waals surface area contributed by atoms with Crippen molar-refractivity contribution in [3.05, 3.63) is 33.4 Å². The van der Waals surface area contributed by atoms with Gasteiger partial charge >= 0.3 is 0 Å². The average Bonchev–Trinajstić information content (AvgIpc) is 3.01. The van der Waals surface area contributed by atoms with Crippen LogP contribution in [0.5, 0.6) is 0 Å². The molecule has 1 aromatic rings. The SMILES string of the molecule is CCNC(CC1CC2CCC1C2)c1ccc(I)cc1. The number of halogens is 1. The van der Waals surface area contributed by atoms with Gasteiger partial charge in [-0.2, -0.15) is 0 Å². The van der Waals surface area contributed by atoms with E-state index in [2.05, 4.69) is 59.1 Å². The summed E-state index contributed by atoms with van der Waals surface area (Å²) in [6.45, 7) is 3.29.